The molecule has 1 amide bonds. The first-order chi connectivity index (χ1) is 16.8. The van der Waals surface area contributed by atoms with E-state index >= 15 is 0 Å². The van der Waals surface area contributed by atoms with Crippen LogP contribution in [0.15, 0.2) is 84.9 Å². The van der Waals surface area contributed by atoms with Crippen LogP contribution in [0.2, 0.25) is 5.02 Å². The predicted octanol–water partition coefficient (Wildman–Crippen LogP) is 7.50. The van der Waals surface area contributed by atoms with Crippen LogP contribution in [0.1, 0.15) is 15.9 Å². The smallest absolute Gasteiger partial charge is 0.416 e. The molecule has 0 saturated carbocycles. The van der Waals surface area contributed by atoms with Gasteiger partial charge in [0.2, 0.25) is 0 Å². The molecule has 0 unspecified atom stereocenters. The summed E-state index contributed by atoms with van der Waals surface area (Å²) in [7, 11) is 0. The van der Waals surface area contributed by atoms with Gasteiger partial charge in [-0.15, -0.1) is 10.2 Å². The van der Waals surface area contributed by atoms with Crippen molar-refractivity contribution in [1.29, 1.82) is 0 Å². The van der Waals surface area contributed by atoms with Crippen molar-refractivity contribution < 1.29 is 22.7 Å². The Morgan fingerprint density at radius 3 is 2.49 bits per heavy atom. The molecule has 0 bridgehead atoms. The summed E-state index contributed by atoms with van der Waals surface area (Å²) in [6.45, 7) is 0. The molecule has 0 fully saturated rings. The summed E-state index contributed by atoms with van der Waals surface area (Å²) < 4.78 is 45.2. The van der Waals surface area contributed by atoms with E-state index in [9.17, 15) is 18.0 Å². The highest BCUT2D eigenvalue weighted by atomic mass is 35.5. The fourth-order valence-electron chi connectivity index (χ4n) is 3.71. The molecule has 1 heterocycles. The summed E-state index contributed by atoms with van der Waals surface area (Å²) in [6, 6.07) is 21.8. The number of halogens is 4. The zero-order chi connectivity index (χ0) is 24.6. The third-order valence-electron chi connectivity index (χ3n) is 5.33. The Morgan fingerprint density at radius 1 is 0.857 bits per heavy atom. The summed E-state index contributed by atoms with van der Waals surface area (Å²) in [5, 5.41) is 13.4. The van der Waals surface area contributed by atoms with E-state index in [1.807, 2.05) is 12.1 Å². The SMILES string of the molecule is O=C(Nc1cccc2ccc(Cl)cc12)c1c(Oc2cccc(C(F)(F)F)c2)nnc2ccccc12. The minimum absolute atomic E-state index is 0.0343. The van der Waals surface area contributed by atoms with Crippen LogP contribution in [0, 0.1) is 0 Å². The number of hydrogen-bond donors (Lipinski definition) is 1. The van der Waals surface area contributed by atoms with E-state index in [2.05, 4.69) is 15.5 Å². The highest BCUT2D eigenvalue weighted by Gasteiger charge is 2.31. The number of carbonyl (C=O) groups excluding carboxylic acids is 1. The predicted molar refractivity (Wildman–Crippen MR) is 128 cm³/mol. The number of benzene rings is 4. The quantitative estimate of drug-likeness (QED) is 0.281. The van der Waals surface area contributed by atoms with Crippen LogP contribution in [-0.2, 0) is 6.18 Å². The van der Waals surface area contributed by atoms with Gasteiger partial charge in [0.25, 0.3) is 11.8 Å². The fraction of sp³-hybridized carbons (Fsp3) is 0.0385. The number of ether oxygens (including phenoxy) is 1. The summed E-state index contributed by atoms with van der Waals surface area (Å²) in [4.78, 5) is 13.5. The standard InChI is InChI=1S/C26H15ClF3N3O2/c27-17-12-11-15-5-3-10-21(20(15)14-17)31-24(34)23-19-8-1-2-9-22(19)32-33-25(23)35-18-7-4-6-16(13-18)26(28,29)30/h1-14H,(H,31,34). The molecular weight excluding hydrogens is 479 g/mol. The highest BCUT2D eigenvalue weighted by Crippen LogP contribution is 2.35. The van der Waals surface area contributed by atoms with Crippen LogP contribution in [-0.4, -0.2) is 16.1 Å². The van der Waals surface area contributed by atoms with E-state index in [0.717, 1.165) is 22.9 Å². The summed E-state index contributed by atoms with van der Waals surface area (Å²) in [5.74, 6) is -0.917. The van der Waals surface area contributed by atoms with Crippen LogP contribution in [0.4, 0.5) is 18.9 Å². The molecular formula is C26H15ClF3N3O2. The number of carbonyl (C=O) groups is 1. The third-order valence-corrected chi connectivity index (χ3v) is 5.57. The monoisotopic (exact) mass is 493 g/mol. The molecule has 0 aliphatic carbocycles. The summed E-state index contributed by atoms with van der Waals surface area (Å²) in [6.07, 6.45) is -4.55. The van der Waals surface area contributed by atoms with Gasteiger partial charge >= 0.3 is 6.18 Å². The minimum atomic E-state index is -4.55. The zero-order valence-corrected chi connectivity index (χ0v) is 18.6. The zero-order valence-electron chi connectivity index (χ0n) is 17.8. The Balaban J connectivity index is 1.59. The topological polar surface area (TPSA) is 64.1 Å². The first kappa shape index (κ1) is 22.6. The number of nitrogens with zero attached hydrogens (tertiary/aromatic N) is 2. The molecule has 174 valence electrons. The Hall–Kier alpha value is -4.17. The lowest BCUT2D eigenvalue weighted by atomic mass is 10.1. The van der Waals surface area contributed by atoms with Gasteiger partial charge in [0.15, 0.2) is 0 Å². The molecule has 0 aliphatic heterocycles. The van der Waals surface area contributed by atoms with Crippen molar-refractivity contribution in [3.63, 3.8) is 0 Å². The largest absolute Gasteiger partial charge is 0.437 e. The van der Waals surface area contributed by atoms with Crippen molar-refractivity contribution in [2.24, 2.45) is 0 Å². The molecule has 5 nitrogen and oxygen atoms in total. The second-order valence-electron chi connectivity index (χ2n) is 7.65. The lowest BCUT2D eigenvalue weighted by molar-refractivity contribution is -0.137. The van der Waals surface area contributed by atoms with E-state index in [0.29, 0.717) is 21.6 Å². The number of fused-ring (bicyclic) bond motifs is 2. The molecule has 0 aliphatic rings. The van der Waals surface area contributed by atoms with Crippen LogP contribution < -0.4 is 10.1 Å². The lowest BCUT2D eigenvalue weighted by Gasteiger charge is -2.14. The average molecular weight is 494 g/mol. The average Bonchev–Trinajstić information content (AvgIpc) is 2.84. The van der Waals surface area contributed by atoms with E-state index in [4.69, 9.17) is 16.3 Å². The van der Waals surface area contributed by atoms with E-state index in [1.165, 1.54) is 12.1 Å². The highest BCUT2D eigenvalue weighted by molar-refractivity contribution is 6.31. The number of alkyl halides is 3. The van der Waals surface area contributed by atoms with Gasteiger partial charge in [-0.25, -0.2) is 0 Å². The van der Waals surface area contributed by atoms with Gasteiger partial charge in [0.1, 0.15) is 11.3 Å². The van der Waals surface area contributed by atoms with Crippen LogP contribution in [0.5, 0.6) is 11.6 Å². The first-order valence-electron chi connectivity index (χ1n) is 10.4. The third kappa shape index (κ3) is 4.61. The van der Waals surface area contributed by atoms with Gasteiger partial charge in [0.05, 0.1) is 11.1 Å². The Bertz CT molecular complexity index is 1590. The normalized spacial score (nSPS) is 11.5. The van der Waals surface area contributed by atoms with Gasteiger partial charge in [-0.05, 0) is 47.9 Å². The second-order valence-corrected chi connectivity index (χ2v) is 8.09. The number of nitrogens with one attached hydrogen (secondary N) is 1. The number of aromatic nitrogens is 2. The number of rotatable bonds is 4. The second kappa shape index (κ2) is 8.88. The molecule has 0 atom stereocenters. The number of anilines is 1. The van der Waals surface area contributed by atoms with Crippen molar-refractivity contribution >= 4 is 44.9 Å². The van der Waals surface area contributed by atoms with Crippen molar-refractivity contribution in [1.82, 2.24) is 10.2 Å². The van der Waals surface area contributed by atoms with Gasteiger partial charge in [-0.1, -0.05) is 54.1 Å². The van der Waals surface area contributed by atoms with Crippen LogP contribution in [0.25, 0.3) is 21.7 Å². The maximum atomic E-state index is 13.5. The molecule has 5 aromatic rings. The lowest BCUT2D eigenvalue weighted by Crippen LogP contribution is -2.15. The molecule has 0 saturated heterocycles. The maximum absolute atomic E-state index is 13.5. The summed E-state index contributed by atoms with van der Waals surface area (Å²) in [5.41, 5.74) is 0.0744. The van der Waals surface area contributed by atoms with E-state index < -0.39 is 17.6 Å². The minimum Gasteiger partial charge on any atom is -0.437 e. The molecule has 1 N–H and O–H groups in total. The van der Waals surface area contributed by atoms with Gasteiger partial charge in [-0.3, -0.25) is 4.79 Å². The Labute approximate surface area is 202 Å². The Kier molecular flexibility index (Phi) is 5.74. The van der Waals surface area contributed by atoms with Crippen molar-refractivity contribution in [2.75, 3.05) is 5.32 Å². The molecule has 1 aromatic heterocycles. The maximum Gasteiger partial charge on any atom is 0.416 e. The molecule has 5 rings (SSSR count). The van der Waals surface area contributed by atoms with Crippen LogP contribution >= 0.6 is 11.6 Å². The molecule has 4 aromatic carbocycles. The number of amides is 1. The van der Waals surface area contributed by atoms with Crippen LogP contribution in [0.3, 0.4) is 0 Å². The Morgan fingerprint density at radius 2 is 1.66 bits per heavy atom. The van der Waals surface area contributed by atoms with Crippen molar-refractivity contribution in [3.8, 4) is 11.6 Å². The molecule has 35 heavy (non-hydrogen) atoms. The number of hydrogen-bond acceptors (Lipinski definition) is 4. The van der Waals surface area contributed by atoms with E-state index in [1.54, 1.807) is 48.5 Å². The van der Waals surface area contributed by atoms with Gasteiger partial charge in [0, 0.05) is 21.5 Å². The molecule has 9 heteroatoms. The van der Waals surface area contributed by atoms with Gasteiger partial charge < -0.3 is 10.1 Å². The van der Waals surface area contributed by atoms with Crippen molar-refractivity contribution in [2.45, 2.75) is 6.18 Å². The fourth-order valence-corrected chi connectivity index (χ4v) is 3.89. The summed E-state index contributed by atoms with van der Waals surface area (Å²) >= 11 is 6.15. The molecule has 0 spiro atoms. The first-order valence-corrected chi connectivity index (χ1v) is 10.8. The van der Waals surface area contributed by atoms with Crippen molar-refractivity contribution in [3.05, 3.63) is 101 Å². The van der Waals surface area contributed by atoms with E-state index in [-0.39, 0.29) is 17.2 Å². The van der Waals surface area contributed by atoms with Gasteiger partial charge in [-0.2, -0.15) is 13.2 Å². The molecule has 0 radical (unpaired) electrons.